The summed E-state index contributed by atoms with van der Waals surface area (Å²) in [4.78, 5) is 24.3. The van der Waals surface area contributed by atoms with Crippen molar-refractivity contribution in [3.8, 4) is 5.95 Å². The molecule has 0 aliphatic rings. The van der Waals surface area contributed by atoms with Gasteiger partial charge in [0.25, 0.3) is 5.95 Å². The van der Waals surface area contributed by atoms with Gasteiger partial charge in [-0.25, -0.2) is 0 Å². The Kier molecular flexibility index (Phi) is 5.44. The number of esters is 1. The smallest absolute Gasteiger partial charge is 0.303 e. The SMILES string of the molecule is COc1oc2cccc([C@H](C)OC(C)=O)c2c(=O)c1CC=C(C)C. The highest BCUT2D eigenvalue weighted by molar-refractivity contribution is 5.82. The van der Waals surface area contributed by atoms with Crippen molar-refractivity contribution in [1.82, 2.24) is 0 Å². The summed E-state index contributed by atoms with van der Waals surface area (Å²) in [6.07, 6.45) is 1.82. The van der Waals surface area contributed by atoms with Crippen molar-refractivity contribution in [3.05, 3.63) is 51.2 Å². The quantitative estimate of drug-likeness (QED) is 0.614. The van der Waals surface area contributed by atoms with Crippen LogP contribution in [-0.4, -0.2) is 13.1 Å². The summed E-state index contributed by atoms with van der Waals surface area (Å²) in [6.45, 7) is 7.00. The van der Waals surface area contributed by atoms with E-state index in [2.05, 4.69) is 0 Å². The molecule has 0 radical (unpaired) electrons. The van der Waals surface area contributed by atoms with Gasteiger partial charge in [0, 0.05) is 18.9 Å². The zero-order chi connectivity index (χ0) is 17.9. The maximum absolute atomic E-state index is 13.0. The van der Waals surface area contributed by atoms with Crippen LogP contribution in [0.5, 0.6) is 5.95 Å². The number of carbonyl (C=O) groups excluding carboxylic acids is 1. The summed E-state index contributed by atoms with van der Waals surface area (Å²) in [7, 11) is 1.47. The van der Waals surface area contributed by atoms with Crippen molar-refractivity contribution in [2.75, 3.05) is 7.11 Å². The van der Waals surface area contributed by atoms with E-state index in [4.69, 9.17) is 13.9 Å². The number of ether oxygens (including phenoxy) is 2. The molecular weight excluding hydrogens is 308 g/mol. The second-order valence-corrected chi connectivity index (χ2v) is 5.86. The molecule has 1 heterocycles. The molecule has 0 fully saturated rings. The number of hydrogen-bond acceptors (Lipinski definition) is 5. The van der Waals surface area contributed by atoms with Crippen LogP contribution < -0.4 is 10.2 Å². The second-order valence-electron chi connectivity index (χ2n) is 5.86. The highest BCUT2D eigenvalue weighted by Gasteiger charge is 2.20. The molecule has 0 aliphatic carbocycles. The van der Waals surface area contributed by atoms with Gasteiger partial charge in [0.15, 0.2) is 0 Å². The Hall–Kier alpha value is -2.56. The molecular formula is C19H22O5. The van der Waals surface area contributed by atoms with E-state index in [1.807, 2.05) is 19.9 Å². The Labute approximate surface area is 140 Å². The number of allylic oxidation sites excluding steroid dienone is 2. The molecule has 0 saturated carbocycles. The topological polar surface area (TPSA) is 65.7 Å². The molecule has 0 bridgehead atoms. The molecule has 24 heavy (non-hydrogen) atoms. The predicted octanol–water partition coefficient (Wildman–Crippen LogP) is 3.93. The van der Waals surface area contributed by atoms with Crippen LogP contribution in [0.1, 0.15) is 44.9 Å². The summed E-state index contributed by atoms with van der Waals surface area (Å²) in [5.41, 5.74) is 2.42. The normalized spacial score (nSPS) is 11.9. The van der Waals surface area contributed by atoms with Gasteiger partial charge in [0.1, 0.15) is 11.7 Å². The third-order valence-corrected chi connectivity index (χ3v) is 3.69. The van der Waals surface area contributed by atoms with Gasteiger partial charge < -0.3 is 13.9 Å². The first-order valence-corrected chi connectivity index (χ1v) is 7.78. The number of fused-ring (bicyclic) bond motifs is 1. The number of carbonyl (C=O) groups is 1. The van der Waals surface area contributed by atoms with Crippen LogP contribution in [0.3, 0.4) is 0 Å². The molecule has 128 valence electrons. The summed E-state index contributed by atoms with van der Waals surface area (Å²) in [6, 6.07) is 5.23. The number of rotatable bonds is 5. The fourth-order valence-corrected chi connectivity index (χ4v) is 2.58. The zero-order valence-electron chi connectivity index (χ0n) is 14.6. The molecule has 0 N–H and O–H groups in total. The van der Waals surface area contributed by atoms with E-state index in [0.29, 0.717) is 28.5 Å². The minimum absolute atomic E-state index is 0.166. The lowest BCUT2D eigenvalue weighted by Gasteiger charge is -2.15. The van der Waals surface area contributed by atoms with Gasteiger partial charge in [0.05, 0.1) is 18.1 Å². The summed E-state index contributed by atoms with van der Waals surface area (Å²) >= 11 is 0. The molecule has 0 unspecified atom stereocenters. The number of benzene rings is 1. The van der Waals surface area contributed by atoms with Crippen LogP contribution >= 0.6 is 0 Å². The van der Waals surface area contributed by atoms with Gasteiger partial charge in [-0.3, -0.25) is 9.59 Å². The lowest BCUT2D eigenvalue weighted by atomic mass is 10.0. The fraction of sp³-hybridized carbons (Fsp3) is 0.368. The standard InChI is InChI=1S/C19H22O5/c1-11(2)9-10-15-18(21)17-14(12(3)23-13(4)20)7-6-8-16(17)24-19(15)22-5/h6-9,12H,10H2,1-5H3/t12-/m0/s1. The molecule has 1 aromatic heterocycles. The molecule has 2 rings (SSSR count). The summed E-state index contributed by atoms with van der Waals surface area (Å²) < 4.78 is 16.2. The maximum Gasteiger partial charge on any atom is 0.303 e. The zero-order valence-corrected chi connectivity index (χ0v) is 14.6. The Balaban J connectivity index is 2.71. The molecule has 1 aromatic carbocycles. The van der Waals surface area contributed by atoms with Crippen molar-refractivity contribution in [3.63, 3.8) is 0 Å². The molecule has 0 spiro atoms. The van der Waals surface area contributed by atoms with Crippen LogP contribution in [0.25, 0.3) is 11.0 Å². The number of methoxy groups -OCH3 is 1. The van der Waals surface area contributed by atoms with E-state index in [1.165, 1.54) is 14.0 Å². The molecule has 1 atom stereocenters. The van der Waals surface area contributed by atoms with Crippen molar-refractivity contribution < 1.29 is 18.7 Å². The van der Waals surface area contributed by atoms with Crippen LogP contribution in [0.4, 0.5) is 0 Å². The third-order valence-electron chi connectivity index (χ3n) is 3.69. The van der Waals surface area contributed by atoms with Crippen LogP contribution in [0.2, 0.25) is 0 Å². The Morgan fingerprint density at radius 2 is 2.00 bits per heavy atom. The van der Waals surface area contributed by atoms with E-state index in [0.717, 1.165) is 5.57 Å². The largest absolute Gasteiger partial charge is 0.468 e. The predicted molar refractivity (Wildman–Crippen MR) is 92.4 cm³/mol. The van der Waals surface area contributed by atoms with Gasteiger partial charge in [-0.2, -0.15) is 0 Å². The summed E-state index contributed by atoms with van der Waals surface area (Å²) in [5.74, 6) is -0.190. The Bertz CT molecular complexity index is 841. The van der Waals surface area contributed by atoms with Crippen molar-refractivity contribution in [2.45, 2.75) is 40.2 Å². The van der Waals surface area contributed by atoms with Gasteiger partial charge in [-0.05, 0) is 26.8 Å². The molecule has 5 heteroatoms. The fourth-order valence-electron chi connectivity index (χ4n) is 2.58. The second kappa shape index (κ2) is 7.34. The average molecular weight is 330 g/mol. The van der Waals surface area contributed by atoms with Gasteiger partial charge in [-0.15, -0.1) is 0 Å². The van der Waals surface area contributed by atoms with Crippen molar-refractivity contribution >= 4 is 16.9 Å². The average Bonchev–Trinajstić information content (AvgIpc) is 2.52. The maximum atomic E-state index is 13.0. The lowest BCUT2D eigenvalue weighted by molar-refractivity contribution is -0.145. The Morgan fingerprint density at radius 3 is 2.58 bits per heavy atom. The van der Waals surface area contributed by atoms with Gasteiger partial charge >= 0.3 is 5.97 Å². The molecule has 2 aromatic rings. The molecule has 0 aliphatic heterocycles. The molecule has 0 amide bonds. The van der Waals surface area contributed by atoms with Gasteiger partial charge in [-0.1, -0.05) is 23.8 Å². The lowest BCUT2D eigenvalue weighted by Crippen LogP contribution is -2.15. The Morgan fingerprint density at radius 1 is 1.29 bits per heavy atom. The highest BCUT2D eigenvalue weighted by atomic mass is 16.6. The van der Waals surface area contributed by atoms with E-state index in [-0.39, 0.29) is 11.4 Å². The first-order chi connectivity index (χ1) is 11.3. The van der Waals surface area contributed by atoms with Crippen LogP contribution in [0, 0.1) is 0 Å². The van der Waals surface area contributed by atoms with E-state index < -0.39 is 12.1 Å². The van der Waals surface area contributed by atoms with E-state index in [9.17, 15) is 9.59 Å². The first-order valence-electron chi connectivity index (χ1n) is 7.78. The monoisotopic (exact) mass is 330 g/mol. The van der Waals surface area contributed by atoms with Crippen LogP contribution in [-0.2, 0) is 16.0 Å². The van der Waals surface area contributed by atoms with Gasteiger partial charge in [0.2, 0.25) is 5.43 Å². The van der Waals surface area contributed by atoms with E-state index >= 15 is 0 Å². The third kappa shape index (κ3) is 3.67. The minimum atomic E-state index is -0.543. The van der Waals surface area contributed by atoms with E-state index in [1.54, 1.807) is 25.1 Å². The van der Waals surface area contributed by atoms with Crippen LogP contribution in [0.15, 0.2) is 39.1 Å². The summed E-state index contributed by atoms with van der Waals surface area (Å²) in [5, 5.41) is 0.421. The first kappa shape index (κ1) is 17.8. The highest BCUT2D eigenvalue weighted by Crippen LogP contribution is 2.29. The van der Waals surface area contributed by atoms with Crippen molar-refractivity contribution in [1.29, 1.82) is 0 Å². The molecule has 0 saturated heterocycles. The van der Waals surface area contributed by atoms with Crippen molar-refractivity contribution in [2.24, 2.45) is 0 Å². The number of hydrogen-bond donors (Lipinski definition) is 0. The minimum Gasteiger partial charge on any atom is -0.468 e. The molecule has 5 nitrogen and oxygen atoms in total.